The molecule has 6 nitrogen and oxygen atoms in total. The molecule has 2 atom stereocenters. The van der Waals surface area contributed by atoms with Crippen LogP contribution in [0.15, 0.2) is 69.5 Å². The Kier molecular flexibility index (Phi) is 5.21. The Hall–Kier alpha value is -3.20. The third-order valence-corrected chi connectivity index (χ3v) is 8.07. The number of hydrogen-bond donors (Lipinski definition) is 0. The molecule has 0 spiro atoms. The molecule has 3 aromatic rings. The van der Waals surface area contributed by atoms with Crippen LogP contribution < -0.4 is 4.90 Å². The van der Waals surface area contributed by atoms with Crippen LogP contribution in [0.2, 0.25) is 0 Å². The van der Waals surface area contributed by atoms with Gasteiger partial charge in [-0.15, -0.1) is 0 Å². The molecule has 2 aliphatic heterocycles. The number of anilines is 1. The lowest BCUT2D eigenvalue weighted by atomic mass is 10.1. The average molecular weight is 494 g/mol. The van der Waals surface area contributed by atoms with Crippen molar-refractivity contribution in [1.82, 2.24) is 14.7 Å². The van der Waals surface area contributed by atoms with Crippen LogP contribution in [0.4, 0.5) is 14.6 Å². The van der Waals surface area contributed by atoms with E-state index in [1.807, 2.05) is 35.0 Å². The monoisotopic (exact) mass is 493 g/mol. The molecular weight excluding hydrogens is 468 g/mol. The number of nitrogens with zero attached hydrogens (tertiary/aromatic N) is 5. The number of rotatable bonds is 5. The van der Waals surface area contributed by atoms with E-state index >= 15 is 0 Å². The standard InChI is InChI=1S/C26H25F2N5OS/c1-26(27,28)17-13-11-16(12-14-17)15-32-24(35-18-7-4-3-5-8-18)21-22(30-32)33-20-10-6-9-19(20)29-25(33)31(2)23(21)34/h3-5,7-8,11-14,19-20H,6,9-10,15H2,1-2H3/t19-,20+/m0/s1. The number of fused-ring (bicyclic) bond motifs is 5. The highest BCUT2D eigenvalue weighted by atomic mass is 32.2. The number of aliphatic imine (C=N–C) groups is 1. The quantitative estimate of drug-likeness (QED) is 0.479. The van der Waals surface area contributed by atoms with Crippen LogP contribution in [-0.4, -0.2) is 45.7 Å². The minimum Gasteiger partial charge on any atom is -0.289 e. The molecule has 3 heterocycles. The van der Waals surface area contributed by atoms with Crippen LogP contribution in [0.25, 0.3) is 0 Å². The van der Waals surface area contributed by atoms with Crippen LogP contribution in [0.5, 0.6) is 0 Å². The van der Waals surface area contributed by atoms with E-state index in [0.29, 0.717) is 23.9 Å². The largest absolute Gasteiger partial charge is 0.289 e. The predicted octanol–water partition coefficient (Wildman–Crippen LogP) is 5.38. The molecule has 0 N–H and O–H groups in total. The molecule has 35 heavy (non-hydrogen) atoms. The lowest BCUT2D eigenvalue weighted by Crippen LogP contribution is -2.51. The highest BCUT2D eigenvalue weighted by Gasteiger charge is 2.49. The van der Waals surface area contributed by atoms with Crippen molar-refractivity contribution < 1.29 is 13.6 Å². The van der Waals surface area contributed by atoms with Gasteiger partial charge in [0, 0.05) is 24.4 Å². The fraction of sp³-hybridized carbons (Fsp3) is 0.346. The molecule has 1 aromatic heterocycles. The van der Waals surface area contributed by atoms with Gasteiger partial charge in [0.25, 0.3) is 11.8 Å². The second-order valence-corrected chi connectivity index (χ2v) is 10.5. The van der Waals surface area contributed by atoms with Crippen LogP contribution in [-0.2, 0) is 12.5 Å². The molecule has 6 rings (SSSR count). The van der Waals surface area contributed by atoms with E-state index < -0.39 is 5.92 Å². The van der Waals surface area contributed by atoms with Gasteiger partial charge in [-0.2, -0.15) is 5.10 Å². The zero-order chi connectivity index (χ0) is 24.3. The van der Waals surface area contributed by atoms with Crippen molar-refractivity contribution in [3.8, 4) is 0 Å². The van der Waals surface area contributed by atoms with E-state index in [1.54, 1.807) is 24.1 Å². The number of alkyl halides is 2. The molecule has 180 valence electrons. The Bertz CT molecular complexity index is 1320. The smallest absolute Gasteiger partial charge is 0.270 e. The highest BCUT2D eigenvalue weighted by Crippen LogP contribution is 2.44. The Balaban J connectivity index is 1.45. The summed E-state index contributed by atoms with van der Waals surface area (Å²) >= 11 is 1.49. The number of carbonyl (C=O) groups is 1. The highest BCUT2D eigenvalue weighted by molar-refractivity contribution is 7.99. The third-order valence-electron chi connectivity index (χ3n) is 6.96. The van der Waals surface area contributed by atoms with Crippen LogP contribution in [0.1, 0.15) is 47.7 Å². The summed E-state index contributed by atoms with van der Waals surface area (Å²) in [4.78, 5) is 23.2. The Labute approximate surface area is 206 Å². The lowest BCUT2D eigenvalue weighted by Gasteiger charge is -2.34. The molecule has 1 aliphatic carbocycles. The SMILES string of the molecule is CN1C(=O)c2c(nn(Cc3ccc(C(C)(F)F)cc3)c2Sc2ccccc2)N2C1=N[C@H]1CCC[C@H]12. The molecule has 1 saturated carbocycles. The van der Waals surface area contributed by atoms with Crippen molar-refractivity contribution in [3.63, 3.8) is 0 Å². The van der Waals surface area contributed by atoms with Crippen molar-refractivity contribution >= 4 is 29.4 Å². The summed E-state index contributed by atoms with van der Waals surface area (Å²) < 4.78 is 29.2. The van der Waals surface area contributed by atoms with E-state index in [-0.39, 0.29) is 23.6 Å². The van der Waals surface area contributed by atoms with Gasteiger partial charge < -0.3 is 0 Å². The summed E-state index contributed by atoms with van der Waals surface area (Å²) in [6, 6.07) is 16.6. The van der Waals surface area contributed by atoms with Crippen molar-refractivity contribution in [1.29, 1.82) is 0 Å². The molecule has 0 saturated heterocycles. The summed E-state index contributed by atoms with van der Waals surface area (Å²) in [5.41, 5.74) is 1.38. The van der Waals surface area contributed by atoms with E-state index in [0.717, 1.165) is 41.7 Å². The van der Waals surface area contributed by atoms with E-state index in [9.17, 15) is 13.6 Å². The van der Waals surface area contributed by atoms with Crippen LogP contribution in [0, 0.1) is 0 Å². The first-order chi connectivity index (χ1) is 16.8. The van der Waals surface area contributed by atoms with Gasteiger partial charge in [-0.1, -0.05) is 54.2 Å². The normalized spacial score (nSPS) is 21.1. The molecule has 1 amide bonds. The topological polar surface area (TPSA) is 53.7 Å². The molecular formula is C26H25F2N5OS. The fourth-order valence-corrected chi connectivity index (χ4v) is 6.17. The maximum atomic E-state index is 13.7. The van der Waals surface area contributed by atoms with Gasteiger partial charge in [0.05, 0.1) is 18.6 Å². The van der Waals surface area contributed by atoms with Crippen LogP contribution in [0.3, 0.4) is 0 Å². The number of hydrogen-bond acceptors (Lipinski definition) is 5. The lowest BCUT2D eigenvalue weighted by molar-refractivity contribution is 0.0174. The molecule has 9 heteroatoms. The van der Waals surface area contributed by atoms with E-state index in [2.05, 4.69) is 4.90 Å². The van der Waals surface area contributed by atoms with Gasteiger partial charge in [0.1, 0.15) is 10.6 Å². The van der Waals surface area contributed by atoms with Gasteiger partial charge in [0.15, 0.2) is 5.82 Å². The van der Waals surface area contributed by atoms with Crippen LogP contribution >= 0.6 is 11.8 Å². The minimum atomic E-state index is -2.89. The Morgan fingerprint density at radius 1 is 1.09 bits per heavy atom. The van der Waals surface area contributed by atoms with Crippen molar-refractivity contribution in [2.24, 2.45) is 4.99 Å². The predicted molar refractivity (Wildman–Crippen MR) is 131 cm³/mol. The number of benzene rings is 2. The summed E-state index contributed by atoms with van der Waals surface area (Å²) in [6.07, 6.45) is 3.14. The Morgan fingerprint density at radius 2 is 1.83 bits per heavy atom. The van der Waals surface area contributed by atoms with E-state index in [1.165, 1.54) is 23.9 Å². The van der Waals surface area contributed by atoms with Gasteiger partial charge in [0.2, 0.25) is 5.96 Å². The molecule has 3 aliphatic rings. The van der Waals surface area contributed by atoms with Crippen molar-refractivity contribution in [2.45, 2.75) is 60.7 Å². The maximum Gasteiger partial charge on any atom is 0.270 e. The number of halogens is 2. The minimum absolute atomic E-state index is 0.0260. The summed E-state index contributed by atoms with van der Waals surface area (Å²) in [7, 11) is 1.77. The van der Waals surface area contributed by atoms with Gasteiger partial charge in [-0.05, 0) is 37.0 Å². The van der Waals surface area contributed by atoms with Gasteiger partial charge in [-0.3, -0.25) is 19.3 Å². The van der Waals surface area contributed by atoms with E-state index in [4.69, 9.17) is 10.1 Å². The number of amides is 1. The number of carbonyl (C=O) groups excluding carboxylic acids is 1. The second kappa shape index (κ2) is 8.19. The Morgan fingerprint density at radius 3 is 2.54 bits per heavy atom. The fourth-order valence-electron chi connectivity index (χ4n) is 5.17. The first-order valence-electron chi connectivity index (χ1n) is 11.8. The maximum absolute atomic E-state index is 13.7. The number of guanidine groups is 1. The molecule has 1 fully saturated rings. The first kappa shape index (κ1) is 22.3. The van der Waals surface area contributed by atoms with Gasteiger partial charge in [-0.25, -0.2) is 13.8 Å². The molecule has 2 aromatic carbocycles. The molecule has 0 bridgehead atoms. The second-order valence-electron chi connectivity index (χ2n) is 9.39. The summed E-state index contributed by atoms with van der Waals surface area (Å²) in [5.74, 6) is -1.69. The molecule has 0 unspecified atom stereocenters. The summed E-state index contributed by atoms with van der Waals surface area (Å²) in [6.45, 7) is 1.26. The van der Waals surface area contributed by atoms with Crippen molar-refractivity contribution in [3.05, 3.63) is 71.3 Å². The third kappa shape index (κ3) is 3.73. The van der Waals surface area contributed by atoms with Crippen molar-refractivity contribution in [2.75, 3.05) is 11.9 Å². The first-order valence-corrected chi connectivity index (χ1v) is 12.6. The number of aromatic nitrogens is 2. The van der Waals surface area contributed by atoms with Gasteiger partial charge >= 0.3 is 0 Å². The summed E-state index contributed by atoms with van der Waals surface area (Å²) in [5, 5.41) is 5.69. The zero-order valence-electron chi connectivity index (χ0n) is 19.5. The molecule has 0 radical (unpaired) electrons. The average Bonchev–Trinajstić information content (AvgIpc) is 3.52. The zero-order valence-corrected chi connectivity index (χ0v) is 20.3.